The fourth-order valence-corrected chi connectivity index (χ4v) is 2.50. The van der Waals surface area contributed by atoms with Crippen LogP contribution in [0.1, 0.15) is 12.8 Å². The third-order valence-corrected chi connectivity index (χ3v) is 3.51. The fourth-order valence-electron chi connectivity index (χ4n) is 2.26. The topological polar surface area (TPSA) is 18.5 Å². The number of thiol groups is 1. The van der Waals surface area contributed by atoms with Crippen molar-refractivity contribution in [3.05, 3.63) is 0 Å². The summed E-state index contributed by atoms with van der Waals surface area (Å²) in [6.45, 7) is 7.10. The molecule has 2 aliphatic heterocycles. The van der Waals surface area contributed by atoms with Crippen molar-refractivity contribution in [2.24, 2.45) is 0 Å². The summed E-state index contributed by atoms with van der Waals surface area (Å²) in [7, 11) is 0. The molecule has 2 aliphatic rings. The van der Waals surface area contributed by atoms with Crippen molar-refractivity contribution in [1.82, 2.24) is 14.5 Å². The maximum atomic E-state index is 4.37. The summed E-state index contributed by atoms with van der Waals surface area (Å²) in [4.78, 5) is 2.64. The van der Waals surface area contributed by atoms with Crippen LogP contribution in [0.3, 0.4) is 0 Å². The highest BCUT2D eigenvalue weighted by Crippen LogP contribution is 2.17. The molecule has 0 saturated carbocycles. The lowest BCUT2D eigenvalue weighted by molar-refractivity contribution is 0.128. The van der Waals surface area contributed by atoms with Gasteiger partial charge in [-0.25, -0.2) is 0 Å². The van der Waals surface area contributed by atoms with Crippen LogP contribution in [-0.4, -0.2) is 54.5 Å². The number of piperazine rings is 1. The van der Waals surface area contributed by atoms with E-state index >= 15 is 0 Å². The van der Waals surface area contributed by atoms with Crippen molar-refractivity contribution in [3.63, 3.8) is 0 Å². The Bertz CT molecular complexity index is 151. The zero-order chi connectivity index (χ0) is 9.10. The van der Waals surface area contributed by atoms with Gasteiger partial charge in [0.15, 0.2) is 0 Å². The first-order valence-electron chi connectivity index (χ1n) is 5.25. The van der Waals surface area contributed by atoms with Crippen LogP contribution in [-0.2, 0) is 0 Å². The first-order chi connectivity index (χ1) is 6.36. The van der Waals surface area contributed by atoms with Crippen LogP contribution in [0, 0.1) is 0 Å². The molecule has 0 aliphatic carbocycles. The molecule has 0 aromatic heterocycles. The van der Waals surface area contributed by atoms with E-state index in [2.05, 4.69) is 27.3 Å². The van der Waals surface area contributed by atoms with E-state index in [1.54, 1.807) is 0 Å². The standard InChI is InChI=1S/C9H19N3S/c13-12-5-1-9(2-6-12)11-7-3-10-4-8-11/h9-10,13H,1-8H2. The monoisotopic (exact) mass is 201 g/mol. The molecule has 3 nitrogen and oxygen atoms in total. The summed E-state index contributed by atoms with van der Waals surface area (Å²) in [5.74, 6) is 0. The molecule has 1 N–H and O–H groups in total. The number of hydrogen-bond acceptors (Lipinski definition) is 4. The van der Waals surface area contributed by atoms with Gasteiger partial charge in [-0.1, -0.05) is 12.8 Å². The maximum Gasteiger partial charge on any atom is 0.0121 e. The Balaban J connectivity index is 1.79. The summed E-state index contributed by atoms with van der Waals surface area (Å²) < 4.78 is 2.14. The predicted octanol–water partition coefficient (Wildman–Crippen LogP) is 0.201. The van der Waals surface area contributed by atoms with E-state index in [0.717, 1.165) is 19.1 Å². The summed E-state index contributed by atoms with van der Waals surface area (Å²) >= 11 is 4.37. The minimum absolute atomic E-state index is 0.825. The van der Waals surface area contributed by atoms with Crippen LogP contribution < -0.4 is 5.32 Å². The van der Waals surface area contributed by atoms with Gasteiger partial charge in [0.25, 0.3) is 0 Å². The molecule has 0 aromatic rings. The molecule has 0 radical (unpaired) electrons. The van der Waals surface area contributed by atoms with Crippen molar-refractivity contribution < 1.29 is 0 Å². The van der Waals surface area contributed by atoms with E-state index in [0.29, 0.717) is 0 Å². The summed E-state index contributed by atoms with van der Waals surface area (Å²) in [6, 6.07) is 0.825. The molecule has 13 heavy (non-hydrogen) atoms. The van der Waals surface area contributed by atoms with Crippen LogP contribution in [0.5, 0.6) is 0 Å². The molecule has 76 valence electrons. The second-order valence-electron chi connectivity index (χ2n) is 3.97. The van der Waals surface area contributed by atoms with Crippen molar-refractivity contribution >= 4 is 12.8 Å². The number of hydrogen-bond donors (Lipinski definition) is 2. The van der Waals surface area contributed by atoms with Crippen molar-refractivity contribution in [2.75, 3.05) is 39.3 Å². The SMILES string of the molecule is SN1CCC(N2CCNCC2)CC1. The predicted molar refractivity (Wildman–Crippen MR) is 58.0 cm³/mol. The lowest BCUT2D eigenvalue weighted by Gasteiger charge is -2.38. The molecule has 0 spiro atoms. The van der Waals surface area contributed by atoms with Gasteiger partial charge in [0, 0.05) is 45.3 Å². The van der Waals surface area contributed by atoms with Gasteiger partial charge in [-0.3, -0.25) is 9.21 Å². The maximum absolute atomic E-state index is 4.37. The van der Waals surface area contributed by atoms with Crippen LogP contribution in [0.25, 0.3) is 0 Å². The van der Waals surface area contributed by atoms with Crippen LogP contribution in [0.4, 0.5) is 0 Å². The van der Waals surface area contributed by atoms with Crippen LogP contribution in [0.15, 0.2) is 0 Å². The number of nitrogens with zero attached hydrogens (tertiary/aromatic N) is 2. The number of nitrogens with one attached hydrogen (secondary N) is 1. The van der Waals surface area contributed by atoms with E-state index < -0.39 is 0 Å². The van der Waals surface area contributed by atoms with Gasteiger partial charge in [-0.2, -0.15) is 0 Å². The van der Waals surface area contributed by atoms with E-state index in [1.807, 2.05) is 0 Å². The van der Waals surface area contributed by atoms with Gasteiger partial charge in [0.1, 0.15) is 0 Å². The molecule has 2 fully saturated rings. The molecule has 0 amide bonds. The average Bonchev–Trinajstić information content (AvgIpc) is 2.20. The van der Waals surface area contributed by atoms with Crippen LogP contribution in [0.2, 0.25) is 0 Å². The van der Waals surface area contributed by atoms with Gasteiger partial charge in [-0.15, -0.1) is 0 Å². The first-order valence-corrected chi connectivity index (χ1v) is 5.65. The third-order valence-electron chi connectivity index (χ3n) is 3.11. The highest BCUT2D eigenvalue weighted by molar-refractivity contribution is 7.77. The summed E-state index contributed by atoms with van der Waals surface area (Å²) in [5, 5.41) is 3.40. The Hall–Kier alpha value is 0.230. The normalized spacial score (nSPS) is 29.3. The van der Waals surface area contributed by atoms with Gasteiger partial charge in [-0.05, 0) is 12.8 Å². The minimum Gasteiger partial charge on any atom is -0.314 e. The lowest BCUT2D eigenvalue weighted by atomic mass is 10.0. The quantitative estimate of drug-likeness (QED) is 0.591. The van der Waals surface area contributed by atoms with E-state index in [1.165, 1.54) is 39.0 Å². The minimum atomic E-state index is 0.825. The van der Waals surface area contributed by atoms with Gasteiger partial charge < -0.3 is 5.32 Å². The van der Waals surface area contributed by atoms with E-state index in [-0.39, 0.29) is 0 Å². The summed E-state index contributed by atoms with van der Waals surface area (Å²) in [5.41, 5.74) is 0. The van der Waals surface area contributed by atoms with Gasteiger partial charge in [0.2, 0.25) is 0 Å². The Morgan fingerprint density at radius 3 is 2.23 bits per heavy atom. The average molecular weight is 201 g/mol. The Labute approximate surface area is 86.0 Å². The zero-order valence-electron chi connectivity index (χ0n) is 8.08. The first kappa shape index (κ1) is 9.77. The molecule has 0 atom stereocenters. The highest BCUT2D eigenvalue weighted by Gasteiger charge is 2.23. The molecular formula is C9H19N3S. The molecule has 0 aromatic carbocycles. The molecular weight excluding hydrogens is 182 g/mol. The Morgan fingerprint density at radius 1 is 1.00 bits per heavy atom. The molecule has 0 bridgehead atoms. The number of piperidine rings is 1. The van der Waals surface area contributed by atoms with Gasteiger partial charge >= 0.3 is 0 Å². The molecule has 2 heterocycles. The van der Waals surface area contributed by atoms with Crippen molar-refractivity contribution in [1.29, 1.82) is 0 Å². The number of rotatable bonds is 1. The fraction of sp³-hybridized carbons (Fsp3) is 1.00. The van der Waals surface area contributed by atoms with E-state index in [9.17, 15) is 0 Å². The van der Waals surface area contributed by atoms with Crippen molar-refractivity contribution in [3.8, 4) is 0 Å². The van der Waals surface area contributed by atoms with Gasteiger partial charge in [0.05, 0.1) is 0 Å². The van der Waals surface area contributed by atoms with Crippen molar-refractivity contribution in [2.45, 2.75) is 18.9 Å². The van der Waals surface area contributed by atoms with Crippen LogP contribution >= 0.6 is 12.8 Å². The highest BCUT2D eigenvalue weighted by atomic mass is 32.1. The molecule has 0 unspecified atom stereocenters. The molecule has 2 saturated heterocycles. The largest absolute Gasteiger partial charge is 0.314 e. The zero-order valence-corrected chi connectivity index (χ0v) is 8.97. The lowest BCUT2D eigenvalue weighted by Crippen LogP contribution is -2.51. The second-order valence-corrected chi connectivity index (χ2v) is 4.54. The molecule has 4 heteroatoms. The summed E-state index contributed by atoms with van der Waals surface area (Å²) in [6.07, 6.45) is 2.59. The smallest absolute Gasteiger partial charge is 0.0121 e. The molecule has 2 rings (SSSR count). The Kier molecular flexibility index (Phi) is 3.49. The second kappa shape index (κ2) is 4.64. The van der Waals surface area contributed by atoms with E-state index in [4.69, 9.17) is 0 Å². The Morgan fingerprint density at radius 2 is 1.62 bits per heavy atom. The third kappa shape index (κ3) is 2.59.